The third-order valence-corrected chi connectivity index (χ3v) is 5.62. The Labute approximate surface area is 159 Å². The van der Waals surface area contributed by atoms with Crippen LogP contribution in [0.25, 0.3) is 10.2 Å². The standard InChI is InChI=1S/C19H18N2O3S2/c1-12(2)13-3-5-14(6-4-13)16(22)9-24-17(23)10-26-19-15-7-8-25-18(15)20-11-21-19/h3-8,11-12H,9-10H2,1-2H3. The van der Waals surface area contributed by atoms with Crippen LogP contribution in [0.3, 0.4) is 0 Å². The number of hydrogen-bond acceptors (Lipinski definition) is 7. The van der Waals surface area contributed by atoms with E-state index >= 15 is 0 Å². The predicted octanol–water partition coefficient (Wildman–Crippen LogP) is 4.33. The molecule has 1 aromatic carbocycles. The molecule has 0 radical (unpaired) electrons. The number of hydrogen-bond donors (Lipinski definition) is 0. The molecule has 0 atom stereocenters. The summed E-state index contributed by atoms with van der Waals surface area (Å²) in [5.41, 5.74) is 1.71. The van der Waals surface area contributed by atoms with Crippen molar-refractivity contribution in [1.82, 2.24) is 9.97 Å². The lowest BCUT2D eigenvalue weighted by molar-refractivity contribution is -0.139. The van der Waals surface area contributed by atoms with E-state index in [0.29, 0.717) is 11.5 Å². The highest BCUT2D eigenvalue weighted by molar-refractivity contribution is 8.00. The normalized spacial score (nSPS) is 11.0. The van der Waals surface area contributed by atoms with Crippen LogP contribution in [0.2, 0.25) is 0 Å². The lowest BCUT2D eigenvalue weighted by atomic mass is 10.0. The summed E-state index contributed by atoms with van der Waals surface area (Å²) in [5.74, 6) is -0.141. The molecule has 2 aromatic heterocycles. The van der Waals surface area contributed by atoms with Gasteiger partial charge in [0.25, 0.3) is 0 Å². The Morgan fingerprint density at radius 2 is 1.92 bits per heavy atom. The second kappa shape index (κ2) is 8.42. The molecule has 0 bridgehead atoms. The number of benzene rings is 1. The van der Waals surface area contributed by atoms with Gasteiger partial charge in [-0.05, 0) is 22.9 Å². The number of rotatable bonds is 7. The molecule has 0 N–H and O–H groups in total. The molecule has 0 spiro atoms. The Kier molecular flexibility index (Phi) is 6.00. The minimum atomic E-state index is -0.441. The van der Waals surface area contributed by atoms with Gasteiger partial charge in [-0.15, -0.1) is 11.3 Å². The number of carbonyl (C=O) groups is 2. The monoisotopic (exact) mass is 386 g/mol. The van der Waals surface area contributed by atoms with Gasteiger partial charge in [0.05, 0.1) is 5.75 Å². The molecule has 0 aliphatic rings. The summed E-state index contributed by atoms with van der Waals surface area (Å²) >= 11 is 2.81. The molecule has 3 aromatic rings. The Balaban J connectivity index is 1.50. The first-order valence-corrected chi connectivity index (χ1v) is 10.0. The van der Waals surface area contributed by atoms with Gasteiger partial charge in [0.15, 0.2) is 12.4 Å². The minimum Gasteiger partial charge on any atom is -0.457 e. The molecule has 134 valence electrons. The van der Waals surface area contributed by atoms with Crippen LogP contribution < -0.4 is 0 Å². The molecule has 0 saturated heterocycles. The van der Waals surface area contributed by atoms with Crippen molar-refractivity contribution < 1.29 is 14.3 Å². The highest BCUT2D eigenvalue weighted by Gasteiger charge is 2.13. The Hall–Kier alpha value is -2.25. The topological polar surface area (TPSA) is 69.2 Å². The zero-order valence-electron chi connectivity index (χ0n) is 14.5. The van der Waals surface area contributed by atoms with Crippen molar-refractivity contribution in [1.29, 1.82) is 0 Å². The van der Waals surface area contributed by atoms with E-state index in [4.69, 9.17) is 4.74 Å². The Morgan fingerprint density at radius 1 is 1.15 bits per heavy atom. The van der Waals surface area contributed by atoms with Gasteiger partial charge < -0.3 is 4.74 Å². The van der Waals surface area contributed by atoms with Crippen LogP contribution in [0.1, 0.15) is 35.7 Å². The number of Topliss-reactive ketones (excluding diaryl/α,β-unsaturated/α-hetero) is 1. The zero-order chi connectivity index (χ0) is 18.5. The predicted molar refractivity (Wildman–Crippen MR) is 104 cm³/mol. The second-order valence-corrected chi connectivity index (χ2v) is 7.83. The highest BCUT2D eigenvalue weighted by Crippen LogP contribution is 2.27. The SMILES string of the molecule is CC(C)c1ccc(C(=O)COC(=O)CSc2ncnc3sccc23)cc1. The van der Waals surface area contributed by atoms with E-state index in [1.54, 1.807) is 12.1 Å². The van der Waals surface area contributed by atoms with E-state index in [2.05, 4.69) is 23.8 Å². The number of thiophene rings is 1. The van der Waals surface area contributed by atoms with Gasteiger partial charge >= 0.3 is 5.97 Å². The third kappa shape index (κ3) is 4.47. The Morgan fingerprint density at radius 3 is 2.65 bits per heavy atom. The largest absolute Gasteiger partial charge is 0.457 e. The smallest absolute Gasteiger partial charge is 0.316 e. The summed E-state index contributed by atoms with van der Waals surface area (Å²) in [6.45, 7) is 3.94. The molecule has 5 nitrogen and oxygen atoms in total. The summed E-state index contributed by atoms with van der Waals surface area (Å²) in [6, 6.07) is 9.33. The summed E-state index contributed by atoms with van der Waals surface area (Å²) in [7, 11) is 0. The molecular weight excluding hydrogens is 368 g/mol. The highest BCUT2D eigenvalue weighted by atomic mass is 32.2. The van der Waals surface area contributed by atoms with Gasteiger partial charge in [-0.1, -0.05) is 49.9 Å². The quantitative estimate of drug-likeness (QED) is 0.260. The number of ether oxygens (including phenoxy) is 1. The van der Waals surface area contributed by atoms with Crippen molar-refractivity contribution in [2.24, 2.45) is 0 Å². The molecule has 26 heavy (non-hydrogen) atoms. The van der Waals surface area contributed by atoms with Crippen LogP contribution in [0.5, 0.6) is 0 Å². The molecule has 0 fully saturated rings. The van der Waals surface area contributed by atoms with Crippen LogP contribution in [-0.4, -0.2) is 34.1 Å². The van der Waals surface area contributed by atoms with E-state index in [9.17, 15) is 9.59 Å². The van der Waals surface area contributed by atoms with Crippen molar-refractivity contribution in [3.8, 4) is 0 Å². The fourth-order valence-corrected chi connectivity index (χ4v) is 3.91. The molecule has 0 unspecified atom stereocenters. The van der Waals surface area contributed by atoms with Gasteiger partial charge in [-0.25, -0.2) is 9.97 Å². The van der Waals surface area contributed by atoms with Crippen LogP contribution in [0.4, 0.5) is 0 Å². The molecule has 0 aliphatic carbocycles. The minimum absolute atomic E-state index is 0.0987. The summed E-state index contributed by atoms with van der Waals surface area (Å²) in [4.78, 5) is 33.3. The van der Waals surface area contributed by atoms with E-state index in [-0.39, 0.29) is 18.1 Å². The molecule has 0 amide bonds. The second-order valence-electron chi connectivity index (χ2n) is 5.97. The fourth-order valence-electron chi connectivity index (χ4n) is 2.33. The number of ketones is 1. The maximum absolute atomic E-state index is 12.1. The molecule has 0 aliphatic heterocycles. The van der Waals surface area contributed by atoms with E-state index < -0.39 is 5.97 Å². The molecule has 0 saturated carbocycles. The number of fused-ring (bicyclic) bond motifs is 1. The van der Waals surface area contributed by atoms with E-state index in [0.717, 1.165) is 15.2 Å². The third-order valence-electron chi connectivity index (χ3n) is 3.82. The van der Waals surface area contributed by atoms with Crippen LogP contribution in [0.15, 0.2) is 47.1 Å². The molecular formula is C19H18N2O3S2. The molecule has 2 heterocycles. The molecule has 3 rings (SSSR count). The number of carbonyl (C=O) groups excluding carboxylic acids is 2. The first kappa shape index (κ1) is 18.5. The summed E-state index contributed by atoms with van der Waals surface area (Å²) in [6.07, 6.45) is 1.48. The van der Waals surface area contributed by atoms with E-state index in [1.807, 2.05) is 23.6 Å². The van der Waals surface area contributed by atoms with Crippen molar-refractivity contribution in [2.45, 2.75) is 24.8 Å². The summed E-state index contributed by atoms with van der Waals surface area (Å²) in [5, 5.41) is 3.60. The fraction of sp³-hybridized carbons (Fsp3) is 0.263. The first-order valence-electron chi connectivity index (χ1n) is 8.14. The van der Waals surface area contributed by atoms with Gasteiger partial charge in [0.2, 0.25) is 0 Å². The summed E-state index contributed by atoms with van der Waals surface area (Å²) < 4.78 is 5.10. The number of aromatic nitrogens is 2. The van der Waals surface area contributed by atoms with Crippen molar-refractivity contribution in [3.63, 3.8) is 0 Å². The van der Waals surface area contributed by atoms with Gasteiger partial charge in [0.1, 0.15) is 16.2 Å². The van der Waals surface area contributed by atoms with E-state index in [1.165, 1.54) is 35.0 Å². The van der Waals surface area contributed by atoms with Gasteiger partial charge in [-0.3, -0.25) is 9.59 Å². The lowest BCUT2D eigenvalue weighted by Crippen LogP contribution is -2.15. The van der Waals surface area contributed by atoms with Crippen molar-refractivity contribution in [2.75, 3.05) is 12.4 Å². The van der Waals surface area contributed by atoms with Gasteiger partial charge in [-0.2, -0.15) is 0 Å². The van der Waals surface area contributed by atoms with Crippen molar-refractivity contribution in [3.05, 3.63) is 53.2 Å². The maximum atomic E-state index is 12.1. The number of esters is 1. The lowest BCUT2D eigenvalue weighted by Gasteiger charge is -2.07. The first-order chi connectivity index (χ1) is 12.5. The van der Waals surface area contributed by atoms with Gasteiger partial charge in [0, 0.05) is 10.9 Å². The van der Waals surface area contributed by atoms with Crippen LogP contribution in [-0.2, 0) is 9.53 Å². The van der Waals surface area contributed by atoms with Crippen LogP contribution >= 0.6 is 23.1 Å². The number of thioether (sulfide) groups is 1. The average Bonchev–Trinajstić information content (AvgIpc) is 3.13. The van der Waals surface area contributed by atoms with Crippen molar-refractivity contribution >= 4 is 45.1 Å². The zero-order valence-corrected chi connectivity index (χ0v) is 16.1. The Bertz CT molecular complexity index is 920. The maximum Gasteiger partial charge on any atom is 0.316 e. The van der Waals surface area contributed by atoms with Crippen LogP contribution in [0, 0.1) is 0 Å². The number of nitrogens with zero attached hydrogens (tertiary/aromatic N) is 2. The average molecular weight is 386 g/mol. The molecule has 7 heteroatoms.